The van der Waals surface area contributed by atoms with Crippen LogP contribution in [0.4, 0.5) is 0 Å². The molecular formula is C16H26N2O2S. The molecule has 1 fully saturated rings. The number of nitrogens with zero attached hydrogens (tertiary/aromatic N) is 1. The minimum absolute atomic E-state index is 0.00580. The SMILES string of the molecule is Cc1cc(C(C)NS(=O)C(C)(C)C)cnc1OCC1CC1. The molecule has 118 valence electrons. The van der Waals surface area contributed by atoms with Crippen molar-refractivity contribution >= 4 is 11.0 Å². The van der Waals surface area contributed by atoms with Crippen LogP contribution >= 0.6 is 0 Å². The van der Waals surface area contributed by atoms with Crippen molar-refractivity contribution in [3.63, 3.8) is 0 Å². The van der Waals surface area contributed by atoms with Crippen LogP contribution in [0, 0.1) is 12.8 Å². The molecule has 0 amide bonds. The van der Waals surface area contributed by atoms with Crippen molar-refractivity contribution in [1.29, 1.82) is 0 Å². The number of ether oxygens (including phenoxy) is 1. The van der Waals surface area contributed by atoms with Crippen molar-refractivity contribution in [2.45, 2.75) is 58.2 Å². The summed E-state index contributed by atoms with van der Waals surface area (Å²) in [5, 5.41) is 0. The van der Waals surface area contributed by atoms with E-state index in [2.05, 4.69) is 15.8 Å². The van der Waals surface area contributed by atoms with Gasteiger partial charge in [0.05, 0.1) is 22.3 Å². The average Bonchev–Trinajstić information content (AvgIpc) is 3.20. The summed E-state index contributed by atoms with van der Waals surface area (Å²) in [5.41, 5.74) is 2.06. The molecule has 0 spiro atoms. The first-order valence-corrected chi connectivity index (χ1v) is 8.69. The van der Waals surface area contributed by atoms with E-state index in [0.29, 0.717) is 0 Å². The van der Waals surface area contributed by atoms with E-state index in [1.165, 1.54) is 12.8 Å². The predicted octanol–water partition coefficient (Wildman–Crippen LogP) is 3.29. The van der Waals surface area contributed by atoms with Crippen LogP contribution in [0.15, 0.2) is 12.3 Å². The number of pyridine rings is 1. The Bertz CT molecular complexity index is 521. The Labute approximate surface area is 130 Å². The molecule has 5 heteroatoms. The van der Waals surface area contributed by atoms with Gasteiger partial charge in [-0.2, -0.15) is 0 Å². The molecule has 0 radical (unpaired) electrons. The zero-order valence-corrected chi connectivity index (χ0v) is 14.4. The van der Waals surface area contributed by atoms with Gasteiger partial charge in [-0.3, -0.25) is 0 Å². The highest BCUT2D eigenvalue weighted by atomic mass is 32.2. The Kier molecular flexibility index (Phi) is 5.04. The third-order valence-corrected chi connectivity index (χ3v) is 5.22. The summed E-state index contributed by atoms with van der Waals surface area (Å²) in [4.78, 5) is 4.41. The van der Waals surface area contributed by atoms with Gasteiger partial charge in [-0.05, 0) is 65.0 Å². The van der Waals surface area contributed by atoms with Crippen LogP contribution < -0.4 is 9.46 Å². The van der Waals surface area contributed by atoms with Crippen molar-refractivity contribution < 1.29 is 8.95 Å². The van der Waals surface area contributed by atoms with E-state index >= 15 is 0 Å². The second kappa shape index (κ2) is 6.44. The third kappa shape index (κ3) is 4.78. The molecule has 2 atom stereocenters. The van der Waals surface area contributed by atoms with Gasteiger partial charge < -0.3 is 4.74 Å². The molecule has 0 aromatic carbocycles. The van der Waals surface area contributed by atoms with Crippen LogP contribution in [-0.2, 0) is 11.0 Å². The van der Waals surface area contributed by atoms with Gasteiger partial charge in [-0.15, -0.1) is 0 Å². The molecule has 2 rings (SSSR count). The summed E-state index contributed by atoms with van der Waals surface area (Å²) in [7, 11) is -1.09. The smallest absolute Gasteiger partial charge is 0.216 e. The summed E-state index contributed by atoms with van der Waals surface area (Å²) in [6.07, 6.45) is 4.36. The van der Waals surface area contributed by atoms with Crippen LogP contribution in [0.1, 0.15) is 57.7 Å². The van der Waals surface area contributed by atoms with Crippen LogP contribution in [0.5, 0.6) is 5.88 Å². The molecule has 1 heterocycles. The summed E-state index contributed by atoms with van der Waals surface area (Å²) in [6, 6.07) is 2.06. The van der Waals surface area contributed by atoms with Gasteiger partial charge in [-0.25, -0.2) is 13.9 Å². The summed E-state index contributed by atoms with van der Waals surface area (Å²) in [5.74, 6) is 1.44. The number of aromatic nitrogens is 1. The molecule has 1 aromatic heterocycles. The highest BCUT2D eigenvalue weighted by Gasteiger charge is 2.23. The maximum Gasteiger partial charge on any atom is 0.216 e. The lowest BCUT2D eigenvalue weighted by Gasteiger charge is -2.22. The van der Waals surface area contributed by atoms with E-state index < -0.39 is 11.0 Å². The van der Waals surface area contributed by atoms with E-state index in [1.54, 1.807) is 0 Å². The van der Waals surface area contributed by atoms with Crippen molar-refractivity contribution in [2.24, 2.45) is 5.92 Å². The maximum absolute atomic E-state index is 12.1. The second-order valence-corrected chi connectivity index (χ2v) is 8.86. The summed E-state index contributed by atoms with van der Waals surface area (Å²) < 4.78 is 20.7. The number of hydrogen-bond acceptors (Lipinski definition) is 3. The Hall–Kier alpha value is -0.940. The minimum Gasteiger partial charge on any atom is -0.477 e. The topological polar surface area (TPSA) is 51.2 Å². The van der Waals surface area contributed by atoms with Crippen molar-refractivity contribution in [3.8, 4) is 5.88 Å². The van der Waals surface area contributed by atoms with E-state index in [0.717, 1.165) is 29.5 Å². The molecule has 4 nitrogen and oxygen atoms in total. The molecule has 0 bridgehead atoms. The Balaban J connectivity index is 1.99. The molecule has 1 aliphatic rings. The lowest BCUT2D eigenvalue weighted by molar-refractivity contribution is 0.286. The zero-order chi connectivity index (χ0) is 15.6. The van der Waals surface area contributed by atoms with Gasteiger partial charge >= 0.3 is 0 Å². The molecule has 1 aliphatic carbocycles. The first-order chi connectivity index (χ1) is 9.77. The number of hydrogen-bond donors (Lipinski definition) is 1. The number of aryl methyl sites for hydroxylation is 1. The fourth-order valence-corrected chi connectivity index (χ4v) is 2.67. The lowest BCUT2D eigenvalue weighted by atomic mass is 10.1. The van der Waals surface area contributed by atoms with Gasteiger partial charge in [-0.1, -0.05) is 0 Å². The molecular weight excluding hydrogens is 284 g/mol. The van der Waals surface area contributed by atoms with Gasteiger partial charge in [0.25, 0.3) is 0 Å². The van der Waals surface area contributed by atoms with Gasteiger partial charge in [0.1, 0.15) is 0 Å². The average molecular weight is 310 g/mol. The van der Waals surface area contributed by atoms with E-state index in [9.17, 15) is 4.21 Å². The molecule has 0 saturated heterocycles. The molecule has 1 aromatic rings. The van der Waals surface area contributed by atoms with E-state index in [4.69, 9.17) is 4.74 Å². The molecule has 1 saturated carbocycles. The zero-order valence-electron chi connectivity index (χ0n) is 13.6. The van der Waals surface area contributed by atoms with Gasteiger partial charge in [0.15, 0.2) is 0 Å². The summed E-state index contributed by atoms with van der Waals surface area (Å²) in [6.45, 7) is 10.7. The van der Waals surface area contributed by atoms with Crippen LogP contribution in [0.25, 0.3) is 0 Å². The molecule has 2 unspecified atom stereocenters. The van der Waals surface area contributed by atoms with Crippen LogP contribution in [-0.4, -0.2) is 20.5 Å². The Morgan fingerprint density at radius 1 is 1.48 bits per heavy atom. The number of rotatable bonds is 6. The Morgan fingerprint density at radius 3 is 2.67 bits per heavy atom. The highest BCUT2D eigenvalue weighted by molar-refractivity contribution is 7.84. The predicted molar refractivity (Wildman–Crippen MR) is 86.6 cm³/mol. The largest absolute Gasteiger partial charge is 0.477 e. The number of nitrogens with one attached hydrogen (secondary N) is 1. The monoisotopic (exact) mass is 310 g/mol. The minimum atomic E-state index is -1.09. The quantitative estimate of drug-likeness (QED) is 0.877. The fraction of sp³-hybridized carbons (Fsp3) is 0.688. The first kappa shape index (κ1) is 16.4. The van der Waals surface area contributed by atoms with Crippen molar-refractivity contribution in [2.75, 3.05) is 6.61 Å². The highest BCUT2D eigenvalue weighted by Crippen LogP contribution is 2.30. The van der Waals surface area contributed by atoms with Crippen molar-refractivity contribution in [3.05, 3.63) is 23.4 Å². The van der Waals surface area contributed by atoms with Crippen molar-refractivity contribution in [1.82, 2.24) is 9.71 Å². The lowest BCUT2D eigenvalue weighted by Crippen LogP contribution is -2.34. The van der Waals surface area contributed by atoms with E-state index in [-0.39, 0.29) is 10.8 Å². The molecule has 0 aliphatic heterocycles. The Morgan fingerprint density at radius 2 is 2.14 bits per heavy atom. The third-order valence-electron chi connectivity index (χ3n) is 3.54. The first-order valence-electron chi connectivity index (χ1n) is 7.54. The van der Waals surface area contributed by atoms with E-state index in [1.807, 2.05) is 40.8 Å². The standard InChI is InChI=1S/C16H26N2O2S/c1-11-8-14(12(2)18-21(19)16(3,4)5)9-17-15(11)20-10-13-6-7-13/h8-9,12-13,18H,6-7,10H2,1-5H3. The van der Waals surface area contributed by atoms with Gasteiger partial charge in [0.2, 0.25) is 5.88 Å². The fourth-order valence-electron chi connectivity index (χ4n) is 1.86. The normalized spacial score (nSPS) is 18.3. The molecule has 1 N–H and O–H groups in total. The van der Waals surface area contributed by atoms with Gasteiger partial charge in [0, 0.05) is 17.8 Å². The summed E-state index contributed by atoms with van der Waals surface area (Å²) >= 11 is 0. The van der Waals surface area contributed by atoms with Crippen LogP contribution in [0.3, 0.4) is 0 Å². The maximum atomic E-state index is 12.1. The second-order valence-electron chi connectivity index (χ2n) is 6.87. The van der Waals surface area contributed by atoms with Crippen LogP contribution in [0.2, 0.25) is 0 Å². The molecule has 21 heavy (non-hydrogen) atoms.